The predicted octanol–water partition coefficient (Wildman–Crippen LogP) is 0.992. The second-order valence-electron chi connectivity index (χ2n) is 4.80. The van der Waals surface area contributed by atoms with Crippen LogP contribution >= 0.6 is 15.9 Å². The second-order valence-corrected chi connectivity index (χ2v) is 5.72. The summed E-state index contributed by atoms with van der Waals surface area (Å²) in [4.78, 5) is 24.6. The van der Waals surface area contributed by atoms with Gasteiger partial charge in [0, 0.05) is 61.4 Å². The Hall–Kier alpha value is -1.51. The number of nitro benzene ring substituents is 1. The van der Waals surface area contributed by atoms with E-state index in [1.165, 1.54) is 12.1 Å². The molecule has 1 aromatic carbocycles. The Morgan fingerprint density at radius 2 is 2.10 bits per heavy atom. The maximum Gasteiger partial charge on any atom is 0.271 e. The highest BCUT2D eigenvalue weighted by Gasteiger charge is 2.14. The van der Waals surface area contributed by atoms with Crippen molar-refractivity contribution in [2.75, 3.05) is 39.3 Å². The summed E-state index contributed by atoms with van der Waals surface area (Å²) in [6.07, 6.45) is 0. The molecule has 2 rings (SSSR count). The van der Waals surface area contributed by atoms with Crippen molar-refractivity contribution in [2.45, 2.75) is 0 Å². The van der Waals surface area contributed by atoms with Crippen LogP contribution in [0.1, 0.15) is 10.4 Å². The highest BCUT2D eigenvalue weighted by Crippen LogP contribution is 2.21. The van der Waals surface area contributed by atoms with Crippen LogP contribution < -0.4 is 10.6 Å². The normalized spacial score (nSPS) is 15.7. The predicted molar refractivity (Wildman–Crippen MR) is 82.4 cm³/mol. The minimum Gasteiger partial charge on any atom is -0.351 e. The van der Waals surface area contributed by atoms with E-state index < -0.39 is 4.92 Å². The van der Waals surface area contributed by atoms with Crippen LogP contribution in [-0.2, 0) is 0 Å². The number of piperazine rings is 1. The van der Waals surface area contributed by atoms with Gasteiger partial charge in [-0.25, -0.2) is 0 Å². The zero-order chi connectivity index (χ0) is 15.2. The van der Waals surface area contributed by atoms with Crippen LogP contribution in [0.25, 0.3) is 0 Å². The first-order chi connectivity index (χ1) is 10.1. The standard InChI is InChI=1S/C13H17BrN4O3/c14-11-7-10(8-12(9-11)18(20)21)13(19)16-3-6-17-4-1-15-2-5-17/h7-9,15H,1-6H2,(H,16,19). The molecular formula is C13H17BrN4O3. The fourth-order valence-electron chi connectivity index (χ4n) is 2.18. The Kier molecular flexibility index (Phi) is 5.66. The molecule has 1 aliphatic heterocycles. The number of amides is 1. The number of halogens is 1. The Morgan fingerprint density at radius 1 is 1.38 bits per heavy atom. The van der Waals surface area contributed by atoms with Crippen molar-refractivity contribution < 1.29 is 9.72 Å². The lowest BCUT2D eigenvalue weighted by Crippen LogP contribution is -2.46. The van der Waals surface area contributed by atoms with Gasteiger partial charge in [-0.2, -0.15) is 0 Å². The number of nitrogens with zero attached hydrogens (tertiary/aromatic N) is 2. The quantitative estimate of drug-likeness (QED) is 0.606. The van der Waals surface area contributed by atoms with Crippen molar-refractivity contribution in [3.63, 3.8) is 0 Å². The number of hydrogen-bond donors (Lipinski definition) is 2. The Bertz CT molecular complexity index is 532. The van der Waals surface area contributed by atoms with Gasteiger partial charge in [-0.15, -0.1) is 0 Å². The first kappa shape index (κ1) is 15.9. The zero-order valence-electron chi connectivity index (χ0n) is 11.5. The van der Waals surface area contributed by atoms with Crippen molar-refractivity contribution in [1.82, 2.24) is 15.5 Å². The van der Waals surface area contributed by atoms with E-state index in [1.807, 2.05) is 0 Å². The van der Waals surface area contributed by atoms with Gasteiger partial charge < -0.3 is 10.6 Å². The van der Waals surface area contributed by atoms with Crippen LogP contribution in [0.4, 0.5) is 5.69 Å². The topological polar surface area (TPSA) is 87.5 Å². The molecule has 0 bridgehead atoms. The molecule has 1 aromatic rings. The van der Waals surface area contributed by atoms with Crippen LogP contribution in [-0.4, -0.2) is 55.0 Å². The molecule has 0 unspecified atom stereocenters. The van der Waals surface area contributed by atoms with E-state index >= 15 is 0 Å². The molecule has 1 amide bonds. The average Bonchev–Trinajstić information content (AvgIpc) is 2.47. The molecule has 1 aliphatic rings. The molecule has 1 saturated heterocycles. The number of benzene rings is 1. The van der Waals surface area contributed by atoms with Gasteiger partial charge >= 0.3 is 0 Å². The molecule has 0 aromatic heterocycles. The lowest BCUT2D eigenvalue weighted by Gasteiger charge is -2.27. The molecule has 0 spiro atoms. The summed E-state index contributed by atoms with van der Waals surface area (Å²) in [7, 11) is 0. The summed E-state index contributed by atoms with van der Waals surface area (Å²) >= 11 is 3.18. The summed E-state index contributed by atoms with van der Waals surface area (Å²) in [6.45, 7) is 5.18. The Morgan fingerprint density at radius 3 is 2.76 bits per heavy atom. The molecule has 2 N–H and O–H groups in total. The van der Waals surface area contributed by atoms with E-state index in [4.69, 9.17) is 0 Å². The third-order valence-electron chi connectivity index (χ3n) is 3.28. The molecule has 0 radical (unpaired) electrons. The van der Waals surface area contributed by atoms with Crippen LogP contribution in [0.2, 0.25) is 0 Å². The van der Waals surface area contributed by atoms with Crippen LogP contribution in [0.5, 0.6) is 0 Å². The van der Waals surface area contributed by atoms with Crippen molar-refractivity contribution in [3.05, 3.63) is 38.3 Å². The average molecular weight is 357 g/mol. The molecule has 21 heavy (non-hydrogen) atoms. The first-order valence-corrected chi connectivity index (χ1v) is 7.52. The number of carbonyl (C=O) groups excluding carboxylic acids is 1. The Labute approximate surface area is 131 Å². The molecule has 0 aliphatic carbocycles. The van der Waals surface area contributed by atoms with Gasteiger partial charge in [0.1, 0.15) is 0 Å². The lowest BCUT2D eigenvalue weighted by molar-refractivity contribution is -0.385. The number of nitro groups is 1. The largest absolute Gasteiger partial charge is 0.351 e. The summed E-state index contributed by atoms with van der Waals surface area (Å²) in [5, 5.41) is 16.8. The fourth-order valence-corrected chi connectivity index (χ4v) is 2.66. The fraction of sp³-hybridized carbons (Fsp3) is 0.462. The molecule has 0 atom stereocenters. The Balaban J connectivity index is 1.89. The first-order valence-electron chi connectivity index (χ1n) is 6.72. The third kappa shape index (κ3) is 4.76. The van der Waals surface area contributed by atoms with E-state index in [0.29, 0.717) is 11.0 Å². The van der Waals surface area contributed by atoms with Gasteiger partial charge in [0.2, 0.25) is 0 Å². The summed E-state index contributed by atoms with van der Waals surface area (Å²) in [5.41, 5.74) is 0.188. The van der Waals surface area contributed by atoms with Gasteiger partial charge in [-0.3, -0.25) is 19.8 Å². The van der Waals surface area contributed by atoms with Crippen molar-refractivity contribution in [3.8, 4) is 0 Å². The minimum atomic E-state index is -0.512. The number of rotatable bonds is 5. The zero-order valence-corrected chi connectivity index (χ0v) is 13.1. The van der Waals surface area contributed by atoms with Crippen molar-refractivity contribution >= 4 is 27.5 Å². The van der Waals surface area contributed by atoms with Gasteiger partial charge in [0.15, 0.2) is 0 Å². The number of nitrogens with one attached hydrogen (secondary N) is 2. The number of non-ortho nitro benzene ring substituents is 1. The van der Waals surface area contributed by atoms with Gasteiger partial charge in [0.05, 0.1) is 4.92 Å². The summed E-state index contributed by atoms with van der Waals surface area (Å²) < 4.78 is 0.518. The van der Waals surface area contributed by atoms with Gasteiger partial charge in [-0.1, -0.05) is 15.9 Å². The molecule has 1 heterocycles. The van der Waals surface area contributed by atoms with Gasteiger partial charge in [0.25, 0.3) is 11.6 Å². The smallest absolute Gasteiger partial charge is 0.271 e. The molecule has 0 saturated carbocycles. The maximum absolute atomic E-state index is 12.0. The molecule has 8 heteroatoms. The maximum atomic E-state index is 12.0. The number of hydrogen-bond acceptors (Lipinski definition) is 5. The molecule has 1 fully saturated rings. The molecule has 114 valence electrons. The summed E-state index contributed by atoms with van der Waals surface area (Å²) in [5.74, 6) is -0.297. The van der Waals surface area contributed by atoms with Crippen molar-refractivity contribution in [1.29, 1.82) is 0 Å². The van der Waals surface area contributed by atoms with E-state index in [9.17, 15) is 14.9 Å². The van der Waals surface area contributed by atoms with Crippen LogP contribution in [0.15, 0.2) is 22.7 Å². The number of carbonyl (C=O) groups is 1. The monoisotopic (exact) mass is 356 g/mol. The van der Waals surface area contributed by atoms with Crippen molar-refractivity contribution in [2.24, 2.45) is 0 Å². The summed E-state index contributed by atoms with van der Waals surface area (Å²) in [6, 6.07) is 4.23. The lowest BCUT2D eigenvalue weighted by atomic mass is 10.2. The third-order valence-corrected chi connectivity index (χ3v) is 3.74. The highest BCUT2D eigenvalue weighted by molar-refractivity contribution is 9.10. The minimum absolute atomic E-state index is 0.100. The van der Waals surface area contributed by atoms with E-state index in [-0.39, 0.29) is 17.2 Å². The van der Waals surface area contributed by atoms with E-state index in [0.717, 1.165) is 32.7 Å². The SMILES string of the molecule is O=C(NCCN1CCNCC1)c1cc(Br)cc([N+](=O)[O-])c1. The van der Waals surface area contributed by atoms with Gasteiger partial charge in [-0.05, 0) is 6.07 Å². The van der Waals surface area contributed by atoms with E-state index in [1.54, 1.807) is 6.07 Å². The van der Waals surface area contributed by atoms with Crippen LogP contribution in [0.3, 0.4) is 0 Å². The second kappa shape index (κ2) is 7.48. The molecule has 7 nitrogen and oxygen atoms in total. The van der Waals surface area contributed by atoms with Crippen LogP contribution in [0, 0.1) is 10.1 Å². The van der Waals surface area contributed by atoms with E-state index in [2.05, 4.69) is 31.5 Å². The highest BCUT2D eigenvalue weighted by atomic mass is 79.9. The molecular weight excluding hydrogens is 340 g/mol.